The van der Waals surface area contributed by atoms with Crippen molar-refractivity contribution in [3.8, 4) is 22.5 Å². The third-order valence-corrected chi connectivity index (χ3v) is 5.21. The summed E-state index contributed by atoms with van der Waals surface area (Å²) in [6, 6.07) is 19.2. The Hall–Kier alpha value is -2.78. The van der Waals surface area contributed by atoms with Crippen molar-refractivity contribution in [1.82, 2.24) is 19.6 Å². The van der Waals surface area contributed by atoms with E-state index in [-0.39, 0.29) is 12.5 Å². The number of rotatable bonds is 5. The molecule has 0 aliphatic heterocycles. The first kappa shape index (κ1) is 18.6. The monoisotopic (exact) mass is 501 g/mol. The maximum absolute atomic E-state index is 10.9. The summed E-state index contributed by atoms with van der Waals surface area (Å²) in [7, 11) is 0. The van der Waals surface area contributed by atoms with Crippen LogP contribution in [0.15, 0.2) is 75.8 Å². The van der Waals surface area contributed by atoms with Crippen LogP contribution >= 0.6 is 31.9 Å². The minimum absolute atomic E-state index is 0.189. The van der Waals surface area contributed by atoms with E-state index in [0.717, 1.165) is 31.5 Å². The molecule has 0 spiro atoms. The minimum Gasteiger partial charge on any atom is -0.358 e. The standard InChI is InChI=1S/C19H13Br2N5O2/c20-15-5-1-13(2-6-15)17-11-18(14-3-7-16(21)8-4-14)25(22-17)12-24-10-9-19(23-24)26(27)28/h1-11H,12H2. The van der Waals surface area contributed by atoms with E-state index in [1.807, 2.05) is 54.6 Å². The summed E-state index contributed by atoms with van der Waals surface area (Å²) in [5, 5.41) is 19.6. The Morgan fingerprint density at radius 1 is 0.893 bits per heavy atom. The lowest BCUT2D eigenvalue weighted by molar-refractivity contribution is -0.389. The lowest BCUT2D eigenvalue weighted by Gasteiger charge is -2.06. The molecule has 0 unspecified atom stereocenters. The largest absolute Gasteiger partial charge is 0.389 e. The average Bonchev–Trinajstić information content (AvgIpc) is 3.31. The normalized spacial score (nSPS) is 10.9. The first-order chi connectivity index (χ1) is 13.5. The summed E-state index contributed by atoms with van der Waals surface area (Å²) >= 11 is 6.89. The molecular formula is C19H13Br2N5O2. The molecule has 2 heterocycles. The number of halogens is 2. The Bertz CT molecular complexity index is 1130. The molecule has 0 saturated carbocycles. The van der Waals surface area contributed by atoms with Crippen molar-refractivity contribution in [3.05, 3.63) is 85.9 Å². The quantitative estimate of drug-likeness (QED) is 0.272. The Balaban J connectivity index is 1.76. The smallest absolute Gasteiger partial charge is 0.358 e. The zero-order chi connectivity index (χ0) is 19.7. The summed E-state index contributed by atoms with van der Waals surface area (Å²) in [5.74, 6) is -0.189. The SMILES string of the molecule is O=[N+]([O-])c1ccn(Cn2nc(-c3ccc(Br)cc3)cc2-c2ccc(Br)cc2)n1. The molecule has 0 amide bonds. The Morgan fingerprint density at radius 2 is 1.50 bits per heavy atom. The van der Waals surface area contributed by atoms with Gasteiger partial charge in [0.25, 0.3) is 0 Å². The molecule has 0 saturated heterocycles. The first-order valence-electron chi connectivity index (χ1n) is 8.27. The van der Waals surface area contributed by atoms with E-state index < -0.39 is 4.92 Å². The average molecular weight is 503 g/mol. The molecule has 0 bridgehead atoms. The summed E-state index contributed by atoms with van der Waals surface area (Å²) < 4.78 is 5.27. The minimum atomic E-state index is -0.511. The molecule has 0 fully saturated rings. The van der Waals surface area contributed by atoms with E-state index >= 15 is 0 Å². The van der Waals surface area contributed by atoms with Crippen LogP contribution in [0.1, 0.15) is 0 Å². The van der Waals surface area contributed by atoms with Crippen LogP contribution in [0.3, 0.4) is 0 Å². The van der Waals surface area contributed by atoms with Gasteiger partial charge in [-0.1, -0.05) is 56.1 Å². The van der Waals surface area contributed by atoms with Gasteiger partial charge in [-0.05, 0) is 40.8 Å². The fraction of sp³-hybridized carbons (Fsp3) is 0.0526. The molecule has 140 valence electrons. The van der Waals surface area contributed by atoms with Gasteiger partial charge in [0.2, 0.25) is 0 Å². The summed E-state index contributed by atoms with van der Waals surface area (Å²) in [6.45, 7) is 0.260. The number of nitrogens with zero attached hydrogens (tertiary/aromatic N) is 5. The lowest BCUT2D eigenvalue weighted by atomic mass is 10.1. The van der Waals surface area contributed by atoms with Crippen molar-refractivity contribution in [2.45, 2.75) is 6.67 Å². The van der Waals surface area contributed by atoms with E-state index in [4.69, 9.17) is 5.10 Å². The van der Waals surface area contributed by atoms with Gasteiger partial charge >= 0.3 is 5.82 Å². The second kappa shape index (κ2) is 7.69. The second-order valence-corrected chi connectivity index (χ2v) is 7.87. The molecule has 2 aromatic carbocycles. The van der Waals surface area contributed by atoms with Crippen molar-refractivity contribution in [2.24, 2.45) is 0 Å². The second-order valence-electron chi connectivity index (χ2n) is 6.04. The molecule has 7 nitrogen and oxygen atoms in total. The van der Waals surface area contributed by atoms with Gasteiger partial charge in [0.1, 0.15) is 0 Å². The van der Waals surface area contributed by atoms with Crippen LogP contribution in [0.5, 0.6) is 0 Å². The topological polar surface area (TPSA) is 78.8 Å². The van der Waals surface area contributed by atoms with Crippen molar-refractivity contribution in [3.63, 3.8) is 0 Å². The third kappa shape index (κ3) is 3.90. The van der Waals surface area contributed by atoms with Crippen LogP contribution in [-0.4, -0.2) is 24.5 Å². The van der Waals surface area contributed by atoms with Gasteiger partial charge in [0.15, 0.2) is 6.67 Å². The molecule has 0 N–H and O–H groups in total. The van der Waals surface area contributed by atoms with Crippen LogP contribution in [0.2, 0.25) is 0 Å². The van der Waals surface area contributed by atoms with Gasteiger partial charge in [0.05, 0.1) is 28.7 Å². The number of benzene rings is 2. The first-order valence-corrected chi connectivity index (χ1v) is 9.86. The van der Waals surface area contributed by atoms with Crippen LogP contribution in [-0.2, 0) is 6.67 Å². The number of hydrogen-bond donors (Lipinski definition) is 0. The van der Waals surface area contributed by atoms with Crippen molar-refractivity contribution in [2.75, 3.05) is 0 Å². The van der Waals surface area contributed by atoms with Gasteiger partial charge in [-0.2, -0.15) is 9.78 Å². The van der Waals surface area contributed by atoms with E-state index in [9.17, 15) is 10.1 Å². The Morgan fingerprint density at radius 3 is 2.07 bits per heavy atom. The zero-order valence-corrected chi connectivity index (χ0v) is 17.5. The van der Waals surface area contributed by atoms with Crippen molar-refractivity contribution in [1.29, 1.82) is 0 Å². The molecule has 0 atom stereocenters. The highest BCUT2D eigenvalue weighted by Gasteiger charge is 2.16. The zero-order valence-electron chi connectivity index (χ0n) is 14.4. The number of aromatic nitrogens is 4. The molecular weight excluding hydrogens is 490 g/mol. The number of nitro groups is 1. The maximum Gasteiger partial charge on any atom is 0.389 e. The fourth-order valence-electron chi connectivity index (χ4n) is 2.80. The summed E-state index contributed by atoms with van der Waals surface area (Å²) in [5.41, 5.74) is 3.67. The van der Waals surface area contributed by atoms with Crippen molar-refractivity contribution >= 4 is 37.7 Å². The van der Waals surface area contributed by atoms with Crippen LogP contribution in [0.4, 0.5) is 5.82 Å². The third-order valence-electron chi connectivity index (χ3n) is 4.15. The van der Waals surface area contributed by atoms with Crippen LogP contribution in [0.25, 0.3) is 22.5 Å². The summed E-state index contributed by atoms with van der Waals surface area (Å²) in [4.78, 5) is 10.4. The highest BCUT2D eigenvalue weighted by molar-refractivity contribution is 9.10. The molecule has 0 aliphatic rings. The summed E-state index contributed by atoms with van der Waals surface area (Å²) in [6.07, 6.45) is 1.57. The van der Waals surface area contributed by atoms with E-state index in [2.05, 4.69) is 37.0 Å². The molecule has 0 radical (unpaired) electrons. The predicted octanol–water partition coefficient (Wildman–Crippen LogP) is 5.35. The molecule has 0 aliphatic carbocycles. The fourth-order valence-corrected chi connectivity index (χ4v) is 3.33. The van der Waals surface area contributed by atoms with Crippen molar-refractivity contribution < 1.29 is 4.92 Å². The van der Waals surface area contributed by atoms with Gasteiger partial charge < -0.3 is 10.1 Å². The van der Waals surface area contributed by atoms with Crippen LogP contribution < -0.4 is 0 Å². The highest BCUT2D eigenvalue weighted by atomic mass is 79.9. The molecule has 28 heavy (non-hydrogen) atoms. The molecule has 4 rings (SSSR count). The Kier molecular flexibility index (Phi) is 5.10. The Labute approximate surface area is 177 Å². The van der Waals surface area contributed by atoms with Gasteiger partial charge in [-0.25, -0.2) is 4.68 Å². The van der Waals surface area contributed by atoms with E-state index in [1.54, 1.807) is 10.9 Å². The van der Waals surface area contributed by atoms with E-state index in [0.29, 0.717) is 0 Å². The molecule has 9 heteroatoms. The van der Waals surface area contributed by atoms with E-state index in [1.165, 1.54) is 10.7 Å². The van der Waals surface area contributed by atoms with Crippen LogP contribution in [0, 0.1) is 10.1 Å². The predicted molar refractivity (Wildman–Crippen MR) is 113 cm³/mol. The highest BCUT2D eigenvalue weighted by Crippen LogP contribution is 2.28. The van der Waals surface area contributed by atoms with Gasteiger partial charge in [-0.15, -0.1) is 0 Å². The lowest BCUT2D eigenvalue weighted by Crippen LogP contribution is -2.11. The molecule has 4 aromatic rings. The maximum atomic E-state index is 10.9. The van der Waals surface area contributed by atoms with Gasteiger partial charge in [-0.3, -0.25) is 0 Å². The van der Waals surface area contributed by atoms with Gasteiger partial charge in [0, 0.05) is 14.5 Å². The molecule has 2 aromatic heterocycles. The number of hydrogen-bond acceptors (Lipinski definition) is 4.